The Hall–Kier alpha value is -0.800. The zero-order valence-electron chi connectivity index (χ0n) is 12.9. The van der Waals surface area contributed by atoms with Crippen LogP contribution in [-0.2, 0) is 0 Å². The summed E-state index contributed by atoms with van der Waals surface area (Å²) in [6.45, 7) is 9.38. The van der Waals surface area contributed by atoms with Crippen LogP contribution in [0.5, 0.6) is 0 Å². The van der Waals surface area contributed by atoms with Crippen LogP contribution in [0, 0.1) is 29.1 Å². The second kappa shape index (κ2) is 3.02. The molecule has 4 nitrogen and oxygen atoms in total. The molecule has 108 valence electrons. The van der Waals surface area contributed by atoms with Crippen molar-refractivity contribution in [2.45, 2.75) is 70.1 Å². The lowest BCUT2D eigenvalue weighted by Gasteiger charge is -2.43. The molecule has 20 heavy (non-hydrogen) atoms. The topological polar surface area (TPSA) is 49.4 Å². The summed E-state index contributed by atoms with van der Waals surface area (Å²) in [5.74, 6) is 2.59. The highest BCUT2D eigenvalue weighted by Crippen LogP contribution is 2.72. The van der Waals surface area contributed by atoms with E-state index >= 15 is 0 Å². The molecular weight excluding hydrogens is 248 g/mol. The average Bonchev–Trinajstić information content (AvgIpc) is 3.08. The van der Waals surface area contributed by atoms with Crippen LogP contribution in [0.25, 0.3) is 0 Å². The molecule has 0 aromatic rings. The summed E-state index contributed by atoms with van der Waals surface area (Å²) in [6, 6.07) is 0.914. The Morgan fingerprint density at radius 2 is 1.20 bits per heavy atom. The van der Waals surface area contributed by atoms with Crippen molar-refractivity contribution in [3.63, 3.8) is 0 Å². The van der Waals surface area contributed by atoms with Crippen molar-refractivity contribution in [2.75, 3.05) is 0 Å². The van der Waals surface area contributed by atoms with Crippen LogP contribution in [0.15, 0.2) is 20.5 Å². The fourth-order valence-electron chi connectivity index (χ4n) is 6.60. The molecule has 3 aliphatic carbocycles. The number of azo groups is 2. The first-order chi connectivity index (χ1) is 9.42. The van der Waals surface area contributed by atoms with Gasteiger partial charge >= 0.3 is 0 Å². The largest absolute Gasteiger partial charge is 0.190 e. The van der Waals surface area contributed by atoms with Gasteiger partial charge in [0, 0.05) is 17.3 Å². The molecule has 0 aromatic carbocycles. The first-order valence-corrected chi connectivity index (χ1v) is 8.26. The first kappa shape index (κ1) is 11.8. The van der Waals surface area contributed by atoms with Gasteiger partial charge in [-0.2, -0.15) is 20.5 Å². The lowest BCUT2D eigenvalue weighted by atomic mass is 9.61. The van der Waals surface area contributed by atoms with Crippen molar-refractivity contribution in [1.29, 1.82) is 0 Å². The van der Waals surface area contributed by atoms with Gasteiger partial charge < -0.3 is 0 Å². The third-order valence-corrected chi connectivity index (χ3v) is 8.25. The van der Waals surface area contributed by atoms with Crippen molar-refractivity contribution in [2.24, 2.45) is 49.5 Å². The van der Waals surface area contributed by atoms with Crippen molar-refractivity contribution in [3.8, 4) is 0 Å². The summed E-state index contributed by atoms with van der Waals surface area (Å²) < 4.78 is 0. The van der Waals surface area contributed by atoms with Crippen molar-refractivity contribution in [3.05, 3.63) is 0 Å². The van der Waals surface area contributed by atoms with E-state index < -0.39 is 0 Å². The molecule has 5 aliphatic rings. The molecule has 0 radical (unpaired) electrons. The summed E-state index contributed by atoms with van der Waals surface area (Å²) >= 11 is 0. The second-order valence-corrected chi connectivity index (χ2v) is 8.64. The van der Waals surface area contributed by atoms with Gasteiger partial charge in [-0.3, -0.25) is 0 Å². The quantitative estimate of drug-likeness (QED) is 0.642. The zero-order valence-corrected chi connectivity index (χ0v) is 12.9. The molecule has 8 atom stereocenters. The maximum absolute atomic E-state index is 4.87. The van der Waals surface area contributed by atoms with Gasteiger partial charge in [-0.25, -0.2) is 0 Å². The smallest absolute Gasteiger partial charge is 0.0915 e. The van der Waals surface area contributed by atoms with Gasteiger partial charge in [0.05, 0.1) is 23.2 Å². The Bertz CT molecular complexity index is 507. The second-order valence-electron chi connectivity index (χ2n) is 8.64. The number of fused-ring (bicyclic) bond motifs is 3. The van der Waals surface area contributed by atoms with Crippen molar-refractivity contribution < 1.29 is 0 Å². The van der Waals surface area contributed by atoms with Gasteiger partial charge in [-0.1, -0.05) is 20.3 Å². The summed E-state index contributed by atoms with van der Waals surface area (Å²) in [5, 5.41) is 19.4. The van der Waals surface area contributed by atoms with E-state index in [1.807, 2.05) is 0 Å². The predicted molar refractivity (Wildman–Crippen MR) is 75.7 cm³/mol. The molecule has 0 aromatic heterocycles. The molecule has 2 aliphatic heterocycles. The molecule has 0 amide bonds. The molecule has 0 saturated heterocycles. The van der Waals surface area contributed by atoms with Gasteiger partial charge in [-0.05, 0) is 38.5 Å². The number of hydrogen-bond donors (Lipinski definition) is 0. The minimum Gasteiger partial charge on any atom is -0.190 e. The Morgan fingerprint density at radius 3 is 1.65 bits per heavy atom. The molecule has 5 rings (SSSR count). The average molecular weight is 272 g/mol. The van der Waals surface area contributed by atoms with E-state index in [0.717, 1.165) is 11.8 Å². The molecule has 0 N–H and O–H groups in total. The maximum atomic E-state index is 4.87. The molecule has 3 fully saturated rings. The number of nitrogens with zero attached hydrogens (tertiary/aromatic N) is 4. The van der Waals surface area contributed by atoms with Crippen LogP contribution in [-0.4, -0.2) is 23.2 Å². The minimum absolute atomic E-state index is 0.0394. The Labute approximate surface area is 120 Å². The molecule has 2 heterocycles. The Kier molecular flexibility index (Phi) is 1.79. The van der Waals surface area contributed by atoms with Crippen molar-refractivity contribution >= 4 is 0 Å². The maximum Gasteiger partial charge on any atom is 0.0915 e. The summed E-state index contributed by atoms with van der Waals surface area (Å²) in [4.78, 5) is 0. The first-order valence-electron chi connectivity index (χ1n) is 8.26. The van der Waals surface area contributed by atoms with E-state index in [4.69, 9.17) is 20.5 Å². The molecule has 0 unspecified atom stereocenters. The van der Waals surface area contributed by atoms with E-state index in [2.05, 4.69) is 27.7 Å². The van der Waals surface area contributed by atoms with E-state index in [9.17, 15) is 0 Å². The Balaban J connectivity index is 1.76. The standard InChI is InChI=1S/C16H24N4/c1-14(2)15(3)10-11-13(18-20-16(11,14)4)9-7-5-6-8(9)12(10)17-19-15/h8-13H,5-7H2,1-4H3/t8-,9+,10+,11-,12-,13+,15-,16+. The molecule has 4 heteroatoms. The summed E-state index contributed by atoms with van der Waals surface area (Å²) in [6.07, 6.45) is 4.01. The number of hydrogen-bond acceptors (Lipinski definition) is 4. The van der Waals surface area contributed by atoms with E-state index in [0.29, 0.717) is 23.9 Å². The Morgan fingerprint density at radius 1 is 0.750 bits per heavy atom. The van der Waals surface area contributed by atoms with Crippen LogP contribution in [0.3, 0.4) is 0 Å². The monoisotopic (exact) mass is 272 g/mol. The molecule has 3 saturated carbocycles. The molecule has 0 bridgehead atoms. The number of rotatable bonds is 0. The zero-order chi connectivity index (χ0) is 13.9. The van der Waals surface area contributed by atoms with Crippen molar-refractivity contribution in [1.82, 2.24) is 0 Å². The van der Waals surface area contributed by atoms with Gasteiger partial charge in [0.15, 0.2) is 0 Å². The lowest BCUT2D eigenvalue weighted by molar-refractivity contribution is 0.0891. The lowest BCUT2D eigenvalue weighted by Crippen LogP contribution is -2.51. The van der Waals surface area contributed by atoms with Gasteiger partial charge in [0.2, 0.25) is 0 Å². The van der Waals surface area contributed by atoms with Crippen LogP contribution in [0.1, 0.15) is 47.0 Å². The van der Waals surface area contributed by atoms with Crippen LogP contribution < -0.4 is 0 Å². The molecular formula is C16H24N4. The fourth-order valence-corrected chi connectivity index (χ4v) is 6.60. The van der Waals surface area contributed by atoms with Gasteiger partial charge in [0.1, 0.15) is 0 Å². The van der Waals surface area contributed by atoms with E-state index in [-0.39, 0.29) is 16.5 Å². The fraction of sp³-hybridized carbons (Fsp3) is 1.00. The van der Waals surface area contributed by atoms with E-state index in [1.54, 1.807) is 0 Å². The van der Waals surface area contributed by atoms with Gasteiger partial charge in [0.25, 0.3) is 0 Å². The summed E-state index contributed by atoms with van der Waals surface area (Å²) in [7, 11) is 0. The van der Waals surface area contributed by atoms with Crippen LogP contribution in [0.2, 0.25) is 0 Å². The van der Waals surface area contributed by atoms with Crippen LogP contribution in [0.4, 0.5) is 0 Å². The predicted octanol–water partition coefficient (Wildman–Crippen LogP) is 3.87. The highest BCUT2D eigenvalue weighted by atomic mass is 15.3. The minimum atomic E-state index is -0.0394. The van der Waals surface area contributed by atoms with Gasteiger partial charge in [-0.15, -0.1) is 0 Å². The molecule has 0 spiro atoms. The van der Waals surface area contributed by atoms with Crippen LogP contribution >= 0.6 is 0 Å². The SMILES string of the molecule is CC1(C)[C@@]2(C)N=N[C@H]3[C@H]4CCC[C@H]4[C@H]4N=N[C@]1(C)[C@H]4[C@H]32. The normalized spacial score (nSPS) is 63.8. The highest BCUT2D eigenvalue weighted by molar-refractivity contribution is 5.32. The highest BCUT2D eigenvalue weighted by Gasteiger charge is 2.79. The third-order valence-electron chi connectivity index (χ3n) is 8.25. The van der Waals surface area contributed by atoms with E-state index in [1.165, 1.54) is 19.3 Å². The third kappa shape index (κ3) is 0.890. The summed E-state index contributed by atoms with van der Waals surface area (Å²) in [5.41, 5.74) is -0.0326.